The van der Waals surface area contributed by atoms with Gasteiger partial charge in [-0.05, 0) is 125 Å². The molecule has 0 saturated heterocycles. The Kier molecular flexibility index (Phi) is 11.2. The number of rotatable bonds is 8. The van der Waals surface area contributed by atoms with Crippen LogP contribution in [0.25, 0.3) is 122 Å². The van der Waals surface area contributed by atoms with Crippen LogP contribution in [0, 0.1) is 56.7 Å². The van der Waals surface area contributed by atoms with E-state index in [9.17, 15) is 26.3 Å². The molecule has 0 aliphatic rings. The van der Waals surface area contributed by atoms with Crippen LogP contribution in [0.3, 0.4) is 0 Å². The summed E-state index contributed by atoms with van der Waals surface area (Å²) in [4.78, 5) is 10.6. The Morgan fingerprint density at radius 1 is 0.269 bits per heavy atom. The van der Waals surface area contributed by atoms with E-state index in [-0.39, 0.29) is 0 Å². The Labute approximate surface area is 448 Å². The van der Waals surface area contributed by atoms with Crippen molar-refractivity contribution in [3.63, 3.8) is 0 Å². The molecule has 10 aromatic carbocycles. The summed E-state index contributed by atoms with van der Waals surface area (Å²) in [6, 6.07) is 85.1. The van der Waals surface area contributed by atoms with Crippen LogP contribution >= 0.6 is 0 Å². The van der Waals surface area contributed by atoms with Crippen LogP contribution in [-0.4, -0.2) is 19.1 Å². The number of hydrogen-bond donors (Lipinski definition) is 0. The second-order valence-corrected chi connectivity index (χ2v) is 19.0. The maximum atomic E-state index is 10.7. The summed E-state index contributed by atoms with van der Waals surface area (Å²) >= 11 is 0. The Balaban J connectivity index is 1.09. The fourth-order valence-corrected chi connectivity index (χ4v) is 10.9. The van der Waals surface area contributed by atoms with E-state index in [2.05, 4.69) is 130 Å². The molecule has 13 rings (SSSR count). The SMILES string of the molecule is N#Cc1cc(C#N)cc(-c2ccc3c(c2)c2ccccc2n3-c2ccc(C#N)cc2-c2ccc(-c3nc(-c4ccccc4)cc(-c4ccccc4)n3)cc2-n2c3ccccc3c3cc(-c4cc(C#N)cc(C#N)c4)ccc32)c1. The minimum atomic E-state index is 0.403. The number of para-hydroxylation sites is 2. The monoisotopic (exact) mass is 991 g/mol. The Morgan fingerprint density at radius 3 is 1.19 bits per heavy atom. The quantitative estimate of drug-likeness (QED) is 0.147. The second-order valence-electron chi connectivity index (χ2n) is 19.0. The van der Waals surface area contributed by atoms with Crippen molar-refractivity contribution in [1.29, 1.82) is 26.3 Å². The van der Waals surface area contributed by atoms with E-state index in [1.54, 1.807) is 12.1 Å². The third kappa shape index (κ3) is 7.93. The molecule has 3 heterocycles. The molecular formula is C69H37N9. The van der Waals surface area contributed by atoms with Gasteiger partial charge in [-0.2, -0.15) is 26.3 Å². The summed E-state index contributed by atoms with van der Waals surface area (Å²) in [5.74, 6) is 0.531. The first-order chi connectivity index (χ1) is 38.4. The lowest BCUT2D eigenvalue weighted by molar-refractivity contribution is 1.15. The van der Waals surface area contributed by atoms with Gasteiger partial charge < -0.3 is 9.13 Å². The predicted octanol–water partition coefficient (Wildman–Crippen LogP) is 16.0. The summed E-state index contributed by atoms with van der Waals surface area (Å²) < 4.78 is 4.52. The van der Waals surface area contributed by atoms with Crippen molar-refractivity contribution in [2.45, 2.75) is 0 Å². The van der Waals surface area contributed by atoms with Gasteiger partial charge in [0.2, 0.25) is 0 Å². The van der Waals surface area contributed by atoms with E-state index >= 15 is 0 Å². The average Bonchev–Trinajstić information content (AvgIpc) is 4.23. The minimum Gasteiger partial charge on any atom is -0.309 e. The Morgan fingerprint density at radius 2 is 0.705 bits per heavy atom. The molecule has 9 heteroatoms. The number of fused-ring (bicyclic) bond motifs is 6. The molecule has 0 bridgehead atoms. The molecule has 13 aromatic rings. The van der Waals surface area contributed by atoms with E-state index in [1.165, 1.54) is 0 Å². The Hall–Kier alpha value is -11.7. The van der Waals surface area contributed by atoms with Gasteiger partial charge in [0.05, 0.1) is 103 Å². The molecule has 0 amide bonds. The molecule has 78 heavy (non-hydrogen) atoms. The van der Waals surface area contributed by atoms with Gasteiger partial charge in [0.1, 0.15) is 0 Å². The lowest BCUT2D eigenvalue weighted by atomic mass is 9.96. The van der Waals surface area contributed by atoms with Gasteiger partial charge in [-0.3, -0.25) is 0 Å². The van der Waals surface area contributed by atoms with E-state index in [0.717, 1.165) is 116 Å². The molecular weight excluding hydrogens is 955 g/mol. The van der Waals surface area contributed by atoms with Crippen LogP contribution < -0.4 is 0 Å². The van der Waals surface area contributed by atoms with Gasteiger partial charge in [0.15, 0.2) is 5.82 Å². The predicted molar refractivity (Wildman–Crippen MR) is 307 cm³/mol. The van der Waals surface area contributed by atoms with Crippen LogP contribution in [-0.2, 0) is 0 Å². The Bertz CT molecular complexity index is 4730. The molecule has 3 aromatic heterocycles. The first-order valence-electron chi connectivity index (χ1n) is 25.1. The molecule has 358 valence electrons. The van der Waals surface area contributed by atoms with Crippen molar-refractivity contribution in [1.82, 2.24) is 19.1 Å². The summed E-state index contributed by atoms with van der Waals surface area (Å²) in [6.45, 7) is 0. The molecule has 0 aliphatic heterocycles. The third-order valence-corrected chi connectivity index (χ3v) is 14.4. The second kappa shape index (κ2) is 19.0. The summed E-state index contributed by atoms with van der Waals surface area (Å²) in [7, 11) is 0. The highest BCUT2D eigenvalue weighted by molar-refractivity contribution is 6.13. The highest BCUT2D eigenvalue weighted by Gasteiger charge is 2.24. The summed E-state index contributed by atoms with van der Waals surface area (Å²) in [5.41, 5.74) is 16.6. The number of nitriles is 5. The zero-order chi connectivity index (χ0) is 52.9. The lowest BCUT2D eigenvalue weighted by Crippen LogP contribution is -2.03. The van der Waals surface area contributed by atoms with Crippen LogP contribution in [0.15, 0.2) is 224 Å². The molecule has 0 atom stereocenters. The fraction of sp³-hybridized carbons (Fsp3) is 0. The van der Waals surface area contributed by atoms with E-state index in [1.807, 2.05) is 121 Å². The molecule has 0 N–H and O–H groups in total. The number of aromatic nitrogens is 4. The van der Waals surface area contributed by atoms with Crippen LogP contribution in [0.2, 0.25) is 0 Å². The smallest absolute Gasteiger partial charge is 0.160 e. The van der Waals surface area contributed by atoms with Crippen molar-refractivity contribution < 1.29 is 0 Å². The van der Waals surface area contributed by atoms with Gasteiger partial charge in [-0.25, -0.2) is 9.97 Å². The van der Waals surface area contributed by atoms with Crippen molar-refractivity contribution in [2.75, 3.05) is 0 Å². The number of benzene rings is 10. The van der Waals surface area contributed by atoms with Crippen molar-refractivity contribution in [3.8, 4) is 109 Å². The zero-order valence-corrected chi connectivity index (χ0v) is 41.4. The van der Waals surface area contributed by atoms with Crippen LogP contribution in [0.5, 0.6) is 0 Å². The van der Waals surface area contributed by atoms with E-state index in [0.29, 0.717) is 33.6 Å². The normalized spacial score (nSPS) is 11.0. The van der Waals surface area contributed by atoms with Gasteiger partial charge in [0, 0.05) is 49.4 Å². The minimum absolute atomic E-state index is 0.403. The molecule has 0 radical (unpaired) electrons. The first-order valence-corrected chi connectivity index (χ1v) is 25.1. The van der Waals surface area contributed by atoms with Crippen LogP contribution in [0.1, 0.15) is 27.8 Å². The van der Waals surface area contributed by atoms with Crippen molar-refractivity contribution >= 4 is 43.6 Å². The third-order valence-electron chi connectivity index (χ3n) is 14.4. The highest BCUT2D eigenvalue weighted by atomic mass is 15.0. The molecule has 0 saturated carbocycles. The van der Waals surface area contributed by atoms with Crippen molar-refractivity contribution in [2.24, 2.45) is 0 Å². The topological polar surface area (TPSA) is 155 Å². The molecule has 0 spiro atoms. The molecule has 0 unspecified atom stereocenters. The zero-order valence-electron chi connectivity index (χ0n) is 41.4. The first kappa shape index (κ1) is 46.1. The number of hydrogen-bond acceptors (Lipinski definition) is 7. The largest absolute Gasteiger partial charge is 0.309 e. The highest BCUT2D eigenvalue weighted by Crippen LogP contribution is 2.44. The summed E-state index contributed by atoms with van der Waals surface area (Å²) in [6.07, 6.45) is 0. The van der Waals surface area contributed by atoms with Gasteiger partial charge in [-0.1, -0.05) is 121 Å². The van der Waals surface area contributed by atoms with Crippen LogP contribution in [0.4, 0.5) is 0 Å². The van der Waals surface area contributed by atoms with E-state index < -0.39 is 0 Å². The van der Waals surface area contributed by atoms with Gasteiger partial charge in [-0.15, -0.1) is 0 Å². The average molecular weight is 992 g/mol. The molecule has 0 aliphatic carbocycles. The fourth-order valence-electron chi connectivity index (χ4n) is 10.9. The maximum Gasteiger partial charge on any atom is 0.160 e. The molecule has 9 nitrogen and oxygen atoms in total. The molecule has 0 fully saturated rings. The van der Waals surface area contributed by atoms with Gasteiger partial charge >= 0.3 is 0 Å². The summed E-state index contributed by atoms with van der Waals surface area (Å²) in [5, 5.41) is 54.2. The number of nitrogens with zero attached hydrogens (tertiary/aromatic N) is 9. The van der Waals surface area contributed by atoms with E-state index in [4.69, 9.17) is 9.97 Å². The van der Waals surface area contributed by atoms with Gasteiger partial charge in [0.25, 0.3) is 0 Å². The van der Waals surface area contributed by atoms with Crippen molar-refractivity contribution in [3.05, 3.63) is 252 Å². The standard InChI is InChI=1S/C69H37N9/c70-38-43-19-24-65(77-63-17-9-7-15-55(63)59-34-50(21-25-66(59)77)53-29-44(39-71)27-45(30-53)40-72)58(33-43)57-23-20-52(69-75-61(48-11-3-1-4-12-48)37-62(76-69)49-13-5-2-6-14-49)36-68(57)78-64-18-10-8-16-56(64)60-35-51(22-26-67(60)78)54-31-46(41-73)28-47(32-54)42-74/h1-37H. The lowest BCUT2D eigenvalue weighted by Gasteiger charge is -2.20. The maximum absolute atomic E-state index is 10.7.